The average molecular weight is 385 g/mol. The topological polar surface area (TPSA) is 32.9 Å². The number of quaternary nitrogens is 2. The Bertz CT molecular complexity index is 741. The van der Waals surface area contributed by atoms with Crippen molar-refractivity contribution in [1.82, 2.24) is 5.32 Å². The molecule has 0 bridgehead atoms. The third-order valence-corrected chi connectivity index (χ3v) is 5.82. The first-order chi connectivity index (χ1) is 13.0. The number of nitrogens with one attached hydrogen (secondary N) is 4. The molecule has 0 unspecified atom stereocenters. The minimum atomic E-state index is 0.241. The van der Waals surface area contributed by atoms with Gasteiger partial charge in [-0.15, -0.1) is 0 Å². The van der Waals surface area contributed by atoms with E-state index in [4.69, 9.17) is 12.2 Å². The molecule has 0 amide bonds. The van der Waals surface area contributed by atoms with Gasteiger partial charge in [0.25, 0.3) is 0 Å². The van der Waals surface area contributed by atoms with Gasteiger partial charge in [0.2, 0.25) is 0 Å². The van der Waals surface area contributed by atoms with Crippen molar-refractivity contribution < 1.29 is 9.80 Å². The highest BCUT2D eigenvalue weighted by Gasteiger charge is 2.33. The molecule has 1 saturated heterocycles. The van der Waals surface area contributed by atoms with E-state index in [0.29, 0.717) is 11.2 Å². The third kappa shape index (κ3) is 5.28. The van der Waals surface area contributed by atoms with Gasteiger partial charge in [-0.2, -0.15) is 0 Å². The van der Waals surface area contributed by atoms with Crippen LogP contribution in [-0.2, 0) is 0 Å². The summed E-state index contributed by atoms with van der Waals surface area (Å²) in [5.74, 6) is 0. The van der Waals surface area contributed by atoms with Gasteiger partial charge in [-0.1, -0.05) is 48.5 Å². The molecule has 4 N–H and O–H groups in total. The van der Waals surface area contributed by atoms with E-state index in [0.717, 1.165) is 5.69 Å². The fourth-order valence-electron chi connectivity index (χ4n) is 4.01. The van der Waals surface area contributed by atoms with Crippen LogP contribution >= 0.6 is 12.2 Å². The van der Waals surface area contributed by atoms with Crippen LogP contribution in [0.5, 0.6) is 0 Å². The summed E-state index contributed by atoms with van der Waals surface area (Å²) < 4.78 is 0. The van der Waals surface area contributed by atoms with Crippen LogP contribution < -0.4 is 20.4 Å². The lowest BCUT2D eigenvalue weighted by Crippen LogP contribution is -3.27. The molecule has 2 aromatic rings. The van der Waals surface area contributed by atoms with Crippen LogP contribution in [0.4, 0.5) is 5.69 Å². The molecule has 0 saturated carbocycles. The number of piperazine rings is 1. The molecule has 2 aromatic carbocycles. The molecule has 144 valence electrons. The minimum Gasteiger partial charge on any atom is -0.354 e. The predicted octanol–water partition coefficient (Wildman–Crippen LogP) is 0.824. The van der Waals surface area contributed by atoms with Crippen LogP contribution in [0.2, 0.25) is 0 Å². The molecule has 1 aliphatic heterocycles. The lowest BCUT2D eigenvalue weighted by Gasteiger charge is -2.37. The van der Waals surface area contributed by atoms with E-state index in [2.05, 4.69) is 74.0 Å². The molecular formula is C22H32N4S+2. The SMILES string of the molecule is Cc1ccccc1NC(=S)N[C@H](C)[C@H](c1ccccc1)[NH+]1CC[NH+](C)CC1. The Hall–Kier alpha value is -1.95. The Labute approximate surface area is 168 Å². The van der Waals surface area contributed by atoms with Crippen molar-refractivity contribution in [3.8, 4) is 0 Å². The summed E-state index contributed by atoms with van der Waals surface area (Å²) in [7, 11) is 2.29. The Morgan fingerprint density at radius 3 is 2.26 bits per heavy atom. The zero-order valence-electron chi connectivity index (χ0n) is 16.6. The molecular weight excluding hydrogens is 352 g/mol. The highest BCUT2D eigenvalue weighted by Crippen LogP contribution is 2.16. The average Bonchev–Trinajstić information content (AvgIpc) is 2.66. The quantitative estimate of drug-likeness (QED) is 0.576. The molecule has 2 atom stereocenters. The van der Waals surface area contributed by atoms with Crippen molar-refractivity contribution in [3.05, 3.63) is 65.7 Å². The number of hydrogen-bond acceptors (Lipinski definition) is 1. The molecule has 3 rings (SSSR count). The summed E-state index contributed by atoms with van der Waals surface area (Å²) in [6.07, 6.45) is 0. The zero-order chi connectivity index (χ0) is 19.2. The molecule has 1 aliphatic rings. The van der Waals surface area contributed by atoms with Gasteiger partial charge in [0.05, 0.1) is 13.1 Å². The van der Waals surface area contributed by atoms with Gasteiger partial charge in [0.1, 0.15) is 32.2 Å². The van der Waals surface area contributed by atoms with E-state index in [-0.39, 0.29) is 6.04 Å². The van der Waals surface area contributed by atoms with Gasteiger partial charge in [0.15, 0.2) is 5.11 Å². The maximum absolute atomic E-state index is 5.63. The second kappa shape index (κ2) is 9.31. The van der Waals surface area contributed by atoms with Crippen LogP contribution in [0.25, 0.3) is 0 Å². The normalized spacial score (nSPS) is 21.9. The molecule has 4 nitrogen and oxygen atoms in total. The summed E-state index contributed by atoms with van der Waals surface area (Å²) in [6, 6.07) is 19.7. The first-order valence-corrected chi connectivity index (χ1v) is 10.3. The fourth-order valence-corrected chi connectivity index (χ4v) is 4.30. The Kier molecular flexibility index (Phi) is 6.83. The number of benzene rings is 2. The van der Waals surface area contributed by atoms with Crippen molar-refractivity contribution in [3.63, 3.8) is 0 Å². The predicted molar refractivity (Wildman–Crippen MR) is 116 cm³/mol. The molecule has 5 heteroatoms. The first-order valence-electron chi connectivity index (χ1n) is 9.88. The lowest BCUT2D eigenvalue weighted by molar-refractivity contribution is -1.02. The smallest absolute Gasteiger partial charge is 0.171 e. The van der Waals surface area contributed by atoms with E-state index >= 15 is 0 Å². The monoisotopic (exact) mass is 384 g/mol. The third-order valence-electron chi connectivity index (χ3n) is 5.60. The number of para-hydroxylation sites is 1. The van der Waals surface area contributed by atoms with Crippen LogP contribution in [-0.4, -0.2) is 44.4 Å². The van der Waals surface area contributed by atoms with E-state index in [1.165, 1.54) is 37.3 Å². The van der Waals surface area contributed by atoms with Crippen molar-refractivity contribution in [2.75, 3.05) is 38.5 Å². The number of thiocarbonyl (C=S) groups is 1. The molecule has 27 heavy (non-hydrogen) atoms. The van der Waals surface area contributed by atoms with Gasteiger partial charge in [-0.3, -0.25) is 0 Å². The minimum absolute atomic E-state index is 0.241. The van der Waals surface area contributed by atoms with Crippen LogP contribution in [0.1, 0.15) is 24.1 Å². The largest absolute Gasteiger partial charge is 0.354 e. The number of likely N-dealkylation sites (N-methyl/N-ethyl adjacent to an activating group) is 1. The highest BCUT2D eigenvalue weighted by molar-refractivity contribution is 7.80. The van der Waals surface area contributed by atoms with Gasteiger partial charge < -0.3 is 20.4 Å². The summed E-state index contributed by atoms with van der Waals surface area (Å²) >= 11 is 5.63. The summed E-state index contributed by atoms with van der Waals surface area (Å²) in [5.41, 5.74) is 3.64. The molecule has 0 spiro atoms. The number of aryl methyl sites for hydroxylation is 1. The second-order valence-electron chi connectivity index (χ2n) is 7.71. The van der Waals surface area contributed by atoms with Crippen LogP contribution in [0.3, 0.4) is 0 Å². The van der Waals surface area contributed by atoms with Crippen molar-refractivity contribution in [2.24, 2.45) is 0 Å². The highest BCUT2D eigenvalue weighted by atomic mass is 32.1. The van der Waals surface area contributed by atoms with E-state index in [1.807, 2.05) is 12.1 Å². The van der Waals surface area contributed by atoms with Gasteiger partial charge in [0, 0.05) is 11.3 Å². The molecule has 0 aliphatic carbocycles. The van der Waals surface area contributed by atoms with Gasteiger partial charge >= 0.3 is 0 Å². The van der Waals surface area contributed by atoms with Crippen molar-refractivity contribution in [1.29, 1.82) is 0 Å². The van der Waals surface area contributed by atoms with Gasteiger partial charge in [-0.25, -0.2) is 0 Å². The Morgan fingerprint density at radius 1 is 0.963 bits per heavy atom. The van der Waals surface area contributed by atoms with Crippen molar-refractivity contribution >= 4 is 23.0 Å². The number of rotatable bonds is 5. The zero-order valence-corrected chi connectivity index (χ0v) is 17.4. The maximum Gasteiger partial charge on any atom is 0.171 e. The molecule has 0 aromatic heterocycles. The van der Waals surface area contributed by atoms with Crippen LogP contribution in [0, 0.1) is 6.92 Å². The lowest BCUT2D eigenvalue weighted by atomic mass is 9.98. The van der Waals surface area contributed by atoms with E-state index in [9.17, 15) is 0 Å². The Balaban J connectivity index is 1.71. The molecule has 1 heterocycles. The van der Waals surface area contributed by atoms with E-state index in [1.54, 1.807) is 9.80 Å². The second-order valence-corrected chi connectivity index (χ2v) is 8.11. The molecule has 0 radical (unpaired) electrons. The summed E-state index contributed by atoms with van der Waals surface area (Å²) in [6.45, 7) is 9.17. The summed E-state index contributed by atoms with van der Waals surface area (Å²) in [5, 5.41) is 7.61. The number of anilines is 1. The standard InChI is InChI=1S/C22H30N4S/c1-17-9-7-8-12-20(17)24-22(27)23-18(2)21(19-10-5-4-6-11-19)26-15-13-25(3)14-16-26/h4-12,18,21H,13-16H2,1-3H3,(H2,23,24,27)/p+2/t18-,21-/m1/s1. The molecule has 1 fully saturated rings. The Morgan fingerprint density at radius 2 is 1.59 bits per heavy atom. The fraction of sp³-hybridized carbons (Fsp3) is 0.409. The van der Waals surface area contributed by atoms with Crippen LogP contribution in [0.15, 0.2) is 54.6 Å². The first kappa shape index (κ1) is 19.8. The summed E-state index contributed by atoms with van der Waals surface area (Å²) in [4.78, 5) is 3.27. The van der Waals surface area contributed by atoms with Gasteiger partial charge in [-0.05, 0) is 37.7 Å². The number of hydrogen-bond donors (Lipinski definition) is 4. The van der Waals surface area contributed by atoms with Crippen molar-refractivity contribution in [2.45, 2.75) is 25.9 Å². The maximum atomic E-state index is 5.63. The van der Waals surface area contributed by atoms with E-state index < -0.39 is 0 Å².